The summed E-state index contributed by atoms with van der Waals surface area (Å²) in [6.07, 6.45) is 1.39. The van der Waals surface area contributed by atoms with Gasteiger partial charge in [0.2, 0.25) is 5.28 Å². The lowest BCUT2D eigenvalue weighted by molar-refractivity contribution is 0.100. The predicted octanol–water partition coefficient (Wildman–Crippen LogP) is 3.78. The van der Waals surface area contributed by atoms with E-state index < -0.39 is 15.9 Å². The van der Waals surface area contributed by atoms with E-state index in [1.807, 2.05) is 13.8 Å². The number of carbonyl (C=O) groups is 1. The number of aryl methyl sites for hydroxylation is 2. The Morgan fingerprint density at radius 1 is 1.03 bits per heavy atom. The molecule has 3 N–H and O–H groups in total. The monoisotopic (exact) mass is 455 g/mol. The Hall–Kier alpha value is -3.43. The molecule has 0 spiro atoms. The third kappa shape index (κ3) is 3.85. The van der Waals surface area contributed by atoms with Gasteiger partial charge in [-0.25, -0.2) is 12.4 Å². The molecule has 8 nitrogen and oxygen atoms in total. The lowest BCUT2D eigenvalue weighted by Crippen LogP contribution is -2.14. The van der Waals surface area contributed by atoms with Gasteiger partial charge in [-0.3, -0.25) is 4.79 Å². The quantitative estimate of drug-likeness (QED) is 0.442. The van der Waals surface area contributed by atoms with Crippen LogP contribution in [0.15, 0.2) is 59.6 Å². The molecule has 2 aromatic carbocycles. The highest BCUT2D eigenvalue weighted by Crippen LogP contribution is 2.30. The molecule has 0 saturated carbocycles. The van der Waals surface area contributed by atoms with Crippen LogP contribution in [0.5, 0.6) is 0 Å². The normalized spacial score (nSPS) is 11.6. The third-order valence-electron chi connectivity index (χ3n) is 4.75. The first kappa shape index (κ1) is 20.8. The highest BCUT2D eigenvalue weighted by atomic mass is 35.5. The van der Waals surface area contributed by atoms with Crippen molar-refractivity contribution in [3.63, 3.8) is 0 Å². The van der Waals surface area contributed by atoms with Gasteiger partial charge in [0.15, 0.2) is 5.65 Å². The second-order valence-electron chi connectivity index (χ2n) is 7.05. The Morgan fingerprint density at radius 2 is 1.71 bits per heavy atom. The van der Waals surface area contributed by atoms with Crippen LogP contribution >= 0.6 is 11.6 Å². The van der Waals surface area contributed by atoms with Gasteiger partial charge < -0.3 is 11.1 Å². The van der Waals surface area contributed by atoms with Crippen LogP contribution in [0.25, 0.3) is 11.0 Å². The Balaban J connectivity index is 1.86. The van der Waals surface area contributed by atoms with Gasteiger partial charge in [0, 0.05) is 6.20 Å². The molecule has 2 aromatic heterocycles. The van der Waals surface area contributed by atoms with Crippen molar-refractivity contribution in [2.75, 3.05) is 5.32 Å². The minimum atomic E-state index is -3.91. The molecule has 10 heteroatoms. The van der Waals surface area contributed by atoms with Gasteiger partial charge in [-0.15, -0.1) is 0 Å². The number of anilines is 2. The minimum absolute atomic E-state index is 0.108. The number of nitrogens with two attached hydrogens (primary N) is 1. The summed E-state index contributed by atoms with van der Waals surface area (Å²) < 4.78 is 27.4. The summed E-state index contributed by atoms with van der Waals surface area (Å²) in [6.45, 7) is 3.74. The molecule has 4 rings (SSSR count). The van der Waals surface area contributed by atoms with Crippen LogP contribution in [-0.4, -0.2) is 28.3 Å². The molecule has 0 unspecified atom stereocenters. The number of amides is 1. The summed E-state index contributed by atoms with van der Waals surface area (Å²) in [5.74, 6) is -0.362. The molecule has 0 radical (unpaired) electrons. The fraction of sp³-hybridized carbons (Fsp3) is 0.0952. The molecular weight excluding hydrogens is 438 g/mol. The van der Waals surface area contributed by atoms with Crippen LogP contribution in [-0.2, 0) is 10.0 Å². The Morgan fingerprint density at radius 3 is 2.39 bits per heavy atom. The van der Waals surface area contributed by atoms with Crippen molar-refractivity contribution in [2.45, 2.75) is 18.7 Å². The Labute approximate surface area is 183 Å². The number of aromatic nitrogens is 3. The molecule has 158 valence electrons. The lowest BCUT2D eigenvalue weighted by atomic mass is 10.1. The van der Waals surface area contributed by atoms with Crippen LogP contribution in [0.4, 0.5) is 11.5 Å². The molecule has 0 aliphatic rings. The first-order chi connectivity index (χ1) is 14.7. The van der Waals surface area contributed by atoms with Gasteiger partial charge in [-0.05, 0) is 61.3 Å². The Bertz CT molecular complexity index is 1430. The van der Waals surface area contributed by atoms with E-state index in [9.17, 15) is 13.2 Å². The van der Waals surface area contributed by atoms with Gasteiger partial charge in [0.1, 0.15) is 5.82 Å². The second kappa shape index (κ2) is 7.68. The number of hydrogen-bond donors (Lipinski definition) is 2. The average molecular weight is 456 g/mol. The van der Waals surface area contributed by atoms with Crippen molar-refractivity contribution in [2.24, 2.45) is 5.73 Å². The molecule has 0 atom stereocenters. The van der Waals surface area contributed by atoms with E-state index in [1.165, 1.54) is 18.3 Å². The molecule has 0 aliphatic heterocycles. The first-order valence-corrected chi connectivity index (χ1v) is 11.0. The fourth-order valence-electron chi connectivity index (χ4n) is 3.18. The molecule has 2 heterocycles. The molecule has 4 aromatic rings. The van der Waals surface area contributed by atoms with Crippen LogP contribution < -0.4 is 11.1 Å². The van der Waals surface area contributed by atoms with Gasteiger partial charge in [0.25, 0.3) is 15.9 Å². The van der Waals surface area contributed by atoms with Crippen LogP contribution in [0.3, 0.4) is 0 Å². The smallest absolute Gasteiger partial charge is 0.269 e. The summed E-state index contributed by atoms with van der Waals surface area (Å²) >= 11 is 6.11. The topological polar surface area (TPSA) is 120 Å². The van der Waals surface area contributed by atoms with Gasteiger partial charge >= 0.3 is 0 Å². The van der Waals surface area contributed by atoms with Crippen LogP contribution in [0.2, 0.25) is 5.28 Å². The summed E-state index contributed by atoms with van der Waals surface area (Å²) in [4.78, 5) is 20.2. The SMILES string of the molecule is Cc1ccc(S(=O)(=O)n2ccc3c(Nc4cc(C)ccc4C(N)=O)nc(Cl)nc32)cc1. The van der Waals surface area contributed by atoms with E-state index >= 15 is 0 Å². The third-order valence-corrected chi connectivity index (χ3v) is 6.60. The summed E-state index contributed by atoms with van der Waals surface area (Å²) in [5, 5.41) is 3.31. The second-order valence-corrected chi connectivity index (χ2v) is 9.20. The number of nitrogens with one attached hydrogen (secondary N) is 1. The predicted molar refractivity (Wildman–Crippen MR) is 119 cm³/mol. The van der Waals surface area contributed by atoms with Crippen LogP contribution in [0, 0.1) is 13.8 Å². The molecule has 0 saturated heterocycles. The number of rotatable bonds is 5. The molecule has 31 heavy (non-hydrogen) atoms. The Kier molecular flexibility index (Phi) is 5.16. The number of fused-ring (bicyclic) bond motifs is 1. The van der Waals surface area contributed by atoms with E-state index in [4.69, 9.17) is 17.3 Å². The molecular formula is C21H18ClN5O3S. The number of nitrogens with zero attached hydrogens (tertiary/aromatic N) is 3. The highest BCUT2D eigenvalue weighted by Gasteiger charge is 2.22. The first-order valence-electron chi connectivity index (χ1n) is 9.21. The number of halogens is 1. The van der Waals surface area contributed by atoms with E-state index in [-0.39, 0.29) is 27.2 Å². The van der Waals surface area contributed by atoms with E-state index in [0.29, 0.717) is 11.1 Å². The van der Waals surface area contributed by atoms with Crippen LogP contribution in [0.1, 0.15) is 21.5 Å². The van der Waals surface area contributed by atoms with E-state index in [2.05, 4.69) is 15.3 Å². The van der Waals surface area contributed by atoms with Crippen molar-refractivity contribution in [3.05, 3.63) is 76.7 Å². The molecule has 1 amide bonds. The maximum Gasteiger partial charge on any atom is 0.269 e. The van der Waals surface area contributed by atoms with E-state index in [0.717, 1.165) is 15.1 Å². The number of carbonyl (C=O) groups excluding carboxylic acids is 1. The fourth-order valence-corrected chi connectivity index (χ4v) is 4.64. The largest absolute Gasteiger partial charge is 0.366 e. The zero-order chi connectivity index (χ0) is 22.3. The highest BCUT2D eigenvalue weighted by molar-refractivity contribution is 7.90. The van der Waals surface area contributed by atoms with Crippen molar-refractivity contribution in [3.8, 4) is 0 Å². The van der Waals surface area contributed by atoms with E-state index in [1.54, 1.807) is 36.4 Å². The average Bonchev–Trinajstić information content (AvgIpc) is 3.13. The van der Waals surface area contributed by atoms with Crippen molar-refractivity contribution < 1.29 is 13.2 Å². The zero-order valence-electron chi connectivity index (χ0n) is 16.6. The summed E-state index contributed by atoms with van der Waals surface area (Å²) in [6, 6.07) is 13.2. The maximum absolute atomic E-state index is 13.2. The van der Waals surface area contributed by atoms with Gasteiger partial charge in [-0.2, -0.15) is 9.97 Å². The number of benzene rings is 2. The number of primary amides is 1. The maximum atomic E-state index is 13.2. The molecule has 0 bridgehead atoms. The van der Waals surface area contributed by atoms with Gasteiger partial charge in [0.05, 0.1) is 21.5 Å². The summed E-state index contributed by atoms with van der Waals surface area (Å²) in [5.41, 5.74) is 8.11. The molecule has 0 aliphatic carbocycles. The molecule has 0 fully saturated rings. The van der Waals surface area contributed by atoms with Crippen molar-refractivity contribution in [1.29, 1.82) is 0 Å². The number of hydrogen-bond acceptors (Lipinski definition) is 6. The lowest BCUT2D eigenvalue weighted by Gasteiger charge is -2.12. The van der Waals surface area contributed by atoms with Gasteiger partial charge in [-0.1, -0.05) is 23.8 Å². The standard InChI is InChI=1S/C21H18ClN5O3S/c1-12-3-6-14(7-4-12)31(29,30)27-10-9-16-19(25-21(22)26-20(16)27)24-17-11-13(2)5-8-15(17)18(23)28/h3-11H,1-2H3,(H2,23,28)(H,24,25,26). The minimum Gasteiger partial charge on any atom is -0.366 e. The van der Waals surface area contributed by atoms with Crippen molar-refractivity contribution in [1.82, 2.24) is 13.9 Å². The zero-order valence-corrected chi connectivity index (χ0v) is 18.2. The van der Waals surface area contributed by atoms with Crippen molar-refractivity contribution >= 4 is 50.1 Å². The summed E-state index contributed by atoms with van der Waals surface area (Å²) in [7, 11) is -3.91.